The standard InChI is InChI=1S/C23H26N4O3.C7H12N2S.C7H8/c1-16(2)21-8-18(11-25-12-21)10-24-4-3-5-27-23(29)20-7-17(14-28)6-19(9-20)22-13-26-15-30-22;1-6-5-10-7(8-6)4-9(2)3;1-7-5-3-2-4-6-7/h6-9,11-16,24H,3-5,10H2,1-2H3,(H,27,29);5H,4H2,1-3H3;2-6H,1H3. The molecular formula is C37H46N6O3S. The van der Waals surface area contributed by atoms with E-state index in [0.29, 0.717) is 41.2 Å². The van der Waals surface area contributed by atoms with E-state index >= 15 is 0 Å². The third kappa shape index (κ3) is 13.8. The van der Waals surface area contributed by atoms with E-state index in [1.54, 1.807) is 35.7 Å². The van der Waals surface area contributed by atoms with Gasteiger partial charge in [-0.2, -0.15) is 0 Å². The Labute approximate surface area is 282 Å². The fourth-order valence-corrected chi connectivity index (χ4v) is 5.19. The van der Waals surface area contributed by atoms with Gasteiger partial charge in [-0.25, -0.2) is 9.97 Å². The average Bonchev–Trinajstić information content (AvgIpc) is 3.75. The fraction of sp³-hybridized carbons (Fsp3) is 0.324. The molecule has 0 atom stereocenters. The lowest BCUT2D eigenvalue weighted by Gasteiger charge is -2.10. The number of hydrogen-bond donors (Lipinski definition) is 2. The Morgan fingerprint density at radius 1 is 1.00 bits per heavy atom. The molecule has 0 fully saturated rings. The number of nitrogens with zero attached hydrogens (tertiary/aromatic N) is 4. The molecule has 0 radical (unpaired) electrons. The van der Waals surface area contributed by atoms with Crippen LogP contribution in [0, 0.1) is 13.8 Å². The third-order valence-corrected chi connectivity index (χ3v) is 7.71. The fourth-order valence-electron chi connectivity index (χ4n) is 4.30. The van der Waals surface area contributed by atoms with E-state index < -0.39 is 0 Å². The van der Waals surface area contributed by atoms with E-state index in [9.17, 15) is 9.59 Å². The summed E-state index contributed by atoms with van der Waals surface area (Å²) >= 11 is 1.73. The number of nitrogens with one attached hydrogen (secondary N) is 2. The second-order valence-electron chi connectivity index (χ2n) is 11.7. The summed E-state index contributed by atoms with van der Waals surface area (Å²) in [6.45, 7) is 11.4. The van der Waals surface area contributed by atoms with Crippen LogP contribution in [0.15, 0.2) is 89.4 Å². The molecule has 0 saturated heterocycles. The zero-order chi connectivity index (χ0) is 34.0. The Morgan fingerprint density at radius 3 is 2.38 bits per heavy atom. The molecule has 1 amide bonds. The summed E-state index contributed by atoms with van der Waals surface area (Å²) < 4.78 is 5.26. The first-order valence-corrected chi connectivity index (χ1v) is 16.5. The summed E-state index contributed by atoms with van der Waals surface area (Å²) in [6.07, 6.45) is 8.12. The predicted octanol–water partition coefficient (Wildman–Crippen LogP) is 7.09. The summed E-state index contributed by atoms with van der Waals surface area (Å²) in [5, 5.41) is 9.54. The molecule has 5 aromatic rings. The van der Waals surface area contributed by atoms with Gasteiger partial charge in [0, 0.05) is 59.8 Å². The number of aldehydes is 1. The Kier molecular flexibility index (Phi) is 15.6. The maximum Gasteiger partial charge on any atom is 0.251 e. The molecule has 10 heteroatoms. The Morgan fingerprint density at radius 2 is 1.79 bits per heavy atom. The number of benzene rings is 2. The molecule has 0 aliphatic rings. The molecule has 248 valence electrons. The van der Waals surface area contributed by atoms with E-state index in [0.717, 1.165) is 37.3 Å². The van der Waals surface area contributed by atoms with Crippen molar-refractivity contribution in [2.75, 3.05) is 27.2 Å². The van der Waals surface area contributed by atoms with Gasteiger partial charge in [0.05, 0.1) is 6.20 Å². The predicted molar refractivity (Wildman–Crippen MR) is 190 cm³/mol. The molecule has 5 rings (SSSR count). The summed E-state index contributed by atoms with van der Waals surface area (Å²) in [5.41, 5.74) is 6.29. The van der Waals surface area contributed by atoms with E-state index in [1.807, 2.05) is 37.5 Å². The highest BCUT2D eigenvalue weighted by Crippen LogP contribution is 2.21. The Hall–Kier alpha value is -4.51. The van der Waals surface area contributed by atoms with Crippen molar-refractivity contribution in [2.24, 2.45) is 0 Å². The Balaban J connectivity index is 0.000000285. The lowest BCUT2D eigenvalue weighted by atomic mass is 10.0. The monoisotopic (exact) mass is 654 g/mol. The van der Waals surface area contributed by atoms with Gasteiger partial charge in [-0.15, -0.1) is 11.3 Å². The molecule has 9 nitrogen and oxygen atoms in total. The van der Waals surface area contributed by atoms with Crippen LogP contribution in [0.25, 0.3) is 11.3 Å². The van der Waals surface area contributed by atoms with Crippen LogP contribution in [0.4, 0.5) is 0 Å². The van der Waals surface area contributed by atoms with E-state index in [-0.39, 0.29) is 5.91 Å². The van der Waals surface area contributed by atoms with Crippen molar-refractivity contribution < 1.29 is 14.0 Å². The van der Waals surface area contributed by atoms with Crippen molar-refractivity contribution in [2.45, 2.75) is 53.1 Å². The number of carbonyl (C=O) groups is 2. The number of aromatic nitrogens is 3. The van der Waals surface area contributed by atoms with Crippen LogP contribution in [0.3, 0.4) is 0 Å². The van der Waals surface area contributed by atoms with Crippen LogP contribution in [0.1, 0.15) is 74.3 Å². The van der Waals surface area contributed by atoms with Gasteiger partial charge in [0.15, 0.2) is 12.2 Å². The molecule has 2 N–H and O–H groups in total. The van der Waals surface area contributed by atoms with Crippen molar-refractivity contribution in [3.8, 4) is 11.3 Å². The molecule has 0 aliphatic carbocycles. The van der Waals surface area contributed by atoms with Crippen molar-refractivity contribution in [3.63, 3.8) is 0 Å². The first kappa shape index (κ1) is 37.0. The first-order valence-electron chi connectivity index (χ1n) is 15.6. The molecule has 2 aromatic carbocycles. The zero-order valence-electron chi connectivity index (χ0n) is 28.2. The van der Waals surface area contributed by atoms with Gasteiger partial charge in [-0.1, -0.05) is 55.8 Å². The van der Waals surface area contributed by atoms with Crippen molar-refractivity contribution in [1.29, 1.82) is 0 Å². The van der Waals surface area contributed by atoms with Crippen molar-refractivity contribution in [1.82, 2.24) is 30.5 Å². The molecular weight excluding hydrogens is 609 g/mol. The maximum atomic E-state index is 12.5. The number of amides is 1. The number of carbonyl (C=O) groups excluding carboxylic acids is 2. The van der Waals surface area contributed by atoms with Crippen LogP contribution in [0.2, 0.25) is 0 Å². The van der Waals surface area contributed by atoms with E-state index in [1.165, 1.54) is 22.5 Å². The molecule has 0 aliphatic heterocycles. The second-order valence-corrected chi connectivity index (χ2v) is 12.6. The van der Waals surface area contributed by atoms with Crippen molar-refractivity contribution in [3.05, 3.63) is 123 Å². The smallest absolute Gasteiger partial charge is 0.251 e. The van der Waals surface area contributed by atoms with Gasteiger partial charge in [0.2, 0.25) is 0 Å². The van der Waals surface area contributed by atoms with Gasteiger partial charge < -0.3 is 20.0 Å². The number of hydrogen-bond acceptors (Lipinski definition) is 9. The van der Waals surface area contributed by atoms with Crippen LogP contribution in [-0.2, 0) is 13.1 Å². The highest BCUT2D eigenvalue weighted by Gasteiger charge is 2.11. The SMILES string of the molecule is CC(C)c1cncc(CNCCCNC(=O)c2cc(C=O)cc(-c3cnco3)c2)c1.Cc1ccccc1.Cc1csc(CN(C)C)n1. The summed E-state index contributed by atoms with van der Waals surface area (Å²) in [5.74, 6) is 0.733. The van der Waals surface area contributed by atoms with Gasteiger partial charge in [-0.3, -0.25) is 14.6 Å². The maximum absolute atomic E-state index is 12.5. The number of rotatable bonds is 12. The molecule has 0 saturated carbocycles. The molecule has 3 aromatic heterocycles. The average molecular weight is 655 g/mol. The second kappa shape index (κ2) is 19.9. The van der Waals surface area contributed by atoms with Gasteiger partial charge >= 0.3 is 0 Å². The normalized spacial score (nSPS) is 10.6. The van der Waals surface area contributed by atoms with Gasteiger partial charge in [0.25, 0.3) is 5.91 Å². The molecule has 0 bridgehead atoms. The molecule has 47 heavy (non-hydrogen) atoms. The van der Waals surface area contributed by atoms with Crippen LogP contribution < -0.4 is 10.6 Å². The summed E-state index contributed by atoms with van der Waals surface area (Å²) in [6, 6.07) is 17.3. The lowest BCUT2D eigenvalue weighted by molar-refractivity contribution is 0.0953. The summed E-state index contributed by atoms with van der Waals surface area (Å²) in [7, 11) is 4.10. The minimum atomic E-state index is -0.228. The van der Waals surface area contributed by atoms with Gasteiger partial charge in [0.1, 0.15) is 11.3 Å². The Bertz CT molecular complexity index is 1640. The van der Waals surface area contributed by atoms with Crippen LogP contribution in [0.5, 0.6) is 0 Å². The minimum absolute atomic E-state index is 0.228. The number of aryl methyl sites for hydroxylation is 2. The lowest BCUT2D eigenvalue weighted by Crippen LogP contribution is -2.27. The third-order valence-electron chi connectivity index (χ3n) is 6.76. The summed E-state index contributed by atoms with van der Waals surface area (Å²) in [4.78, 5) is 38.3. The molecule has 0 spiro atoms. The number of pyridine rings is 1. The largest absolute Gasteiger partial charge is 0.444 e. The van der Waals surface area contributed by atoms with E-state index in [2.05, 4.69) is 88.9 Å². The first-order chi connectivity index (χ1) is 22.6. The number of thiazole rings is 1. The van der Waals surface area contributed by atoms with E-state index in [4.69, 9.17) is 4.42 Å². The minimum Gasteiger partial charge on any atom is -0.444 e. The highest BCUT2D eigenvalue weighted by atomic mass is 32.1. The number of oxazole rings is 1. The molecule has 3 heterocycles. The van der Waals surface area contributed by atoms with Gasteiger partial charge in [-0.05, 0) is 76.2 Å². The molecule has 0 unspecified atom stereocenters. The van der Waals surface area contributed by atoms with Crippen LogP contribution in [-0.4, -0.2) is 59.2 Å². The van der Waals surface area contributed by atoms with Crippen molar-refractivity contribution >= 4 is 23.5 Å². The quantitative estimate of drug-likeness (QED) is 0.108. The van der Waals surface area contributed by atoms with Crippen LogP contribution >= 0.6 is 11.3 Å². The topological polar surface area (TPSA) is 113 Å². The zero-order valence-corrected chi connectivity index (χ0v) is 29.0. The highest BCUT2D eigenvalue weighted by molar-refractivity contribution is 7.09.